The number of nitrogens with one attached hydrogen (secondary N) is 2. The number of carbonyl (C=O) groups excluding carboxylic acids is 1. The highest BCUT2D eigenvalue weighted by atomic mass is 32.2. The third-order valence-electron chi connectivity index (χ3n) is 3.88. The van der Waals surface area contributed by atoms with Gasteiger partial charge in [0.15, 0.2) is 0 Å². The molecule has 0 radical (unpaired) electrons. The van der Waals surface area contributed by atoms with Gasteiger partial charge in [-0.25, -0.2) is 13.1 Å². The second kappa shape index (κ2) is 9.38. The third kappa shape index (κ3) is 6.26. The molecule has 8 heteroatoms. The van der Waals surface area contributed by atoms with Crippen LogP contribution in [-0.2, 0) is 21.4 Å². The largest absolute Gasteiger partial charge is 0.497 e. The Labute approximate surface area is 159 Å². The third-order valence-corrected chi connectivity index (χ3v) is 5.35. The number of ether oxygens (including phenoxy) is 2. The lowest BCUT2D eigenvalue weighted by atomic mass is 10.2. The highest BCUT2D eigenvalue weighted by Gasteiger charge is 2.13. The first-order valence-corrected chi connectivity index (χ1v) is 9.87. The fourth-order valence-electron chi connectivity index (χ4n) is 2.36. The number of carbonyl (C=O) groups is 1. The van der Waals surface area contributed by atoms with Gasteiger partial charge in [-0.3, -0.25) is 4.79 Å². The van der Waals surface area contributed by atoms with E-state index >= 15 is 0 Å². The van der Waals surface area contributed by atoms with Crippen molar-refractivity contribution in [3.05, 3.63) is 53.6 Å². The lowest BCUT2D eigenvalue weighted by Gasteiger charge is -2.10. The van der Waals surface area contributed by atoms with Crippen molar-refractivity contribution in [3.63, 3.8) is 0 Å². The molecule has 1 amide bonds. The van der Waals surface area contributed by atoms with Crippen LogP contribution in [0.5, 0.6) is 11.5 Å². The molecule has 7 nitrogen and oxygen atoms in total. The van der Waals surface area contributed by atoms with Crippen LogP contribution in [0.4, 0.5) is 0 Å². The Morgan fingerprint density at radius 3 is 2.15 bits per heavy atom. The number of sulfonamides is 1. The van der Waals surface area contributed by atoms with Crippen molar-refractivity contribution in [2.45, 2.75) is 24.8 Å². The normalized spacial score (nSPS) is 11.1. The van der Waals surface area contributed by atoms with Crippen molar-refractivity contribution in [1.82, 2.24) is 10.0 Å². The van der Waals surface area contributed by atoms with Crippen LogP contribution >= 0.6 is 0 Å². The van der Waals surface area contributed by atoms with E-state index in [4.69, 9.17) is 9.47 Å². The zero-order valence-corrected chi connectivity index (χ0v) is 16.4. The minimum Gasteiger partial charge on any atom is -0.497 e. The van der Waals surface area contributed by atoms with Crippen LogP contribution in [0.2, 0.25) is 0 Å². The fraction of sp³-hybridized carbons (Fsp3) is 0.316. The van der Waals surface area contributed by atoms with Gasteiger partial charge < -0.3 is 14.8 Å². The fourth-order valence-corrected chi connectivity index (χ4v) is 3.39. The second-order valence-electron chi connectivity index (χ2n) is 5.96. The van der Waals surface area contributed by atoms with Gasteiger partial charge in [-0.1, -0.05) is 17.7 Å². The molecule has 0 heterocycles. The molecule has 0 atom stereocenters. The van der Waals surface area contributed by atoms with Crippen LogP contribution in [0.25, 0.3) is 0 Å². The predicted molar refractivity (Wildman–Crippen MR) is 102 cm³/mol. The molecule has 0 aromatic heterocycles. The second-order valence-corrected chi connectivity index (χ2v) is 7.73. The molecule has 2 aromatic carbocycles. The van der Waals surface area contributed by atoms with E-state index in [9.17, 15) is 13.2 Å². The van der Waals surface area contributed by atoms with E-state index in [2.05, 4.69) is 10.0 Å². The van der Waals surface area contributed by atoms with E-state index < -0.39 is 10.0 Å². The predicted octanol–water partition coefficient (Wildman–Crippen LogP) is 2.00. The summed E-state index contributed by atoms with van der Waals surface area (Å²) in [6, 6.07) is 11.9. The SMILES string of the molecule is COc1cc(CNC(=O)CCNS(=O)(=O)c2ccc(C)cc2)cc(OC)c1. The first-order chi connectivity index (χ1) is 12.8. The molecule has 2 rings (SSSR count). The summed E-state index contributed by atoms with van der Waals surface area (Å²) in [5.74, 6) is 0.998. The van der Waals surface area contributed by atoms with Gasteiger partial charge in [0.25, 0.3) is 0 Å². The number of methoxy groups -OCH3 is 2. The molecule has 0 fully saturated rings. The molecule has 146 valence electrons. The van der Waals surface area contributed by atoms with Gasteiger partial charge in [-0.2, -0.15) is 0 Å². The van der Waals surface area contributed by atoms with Crippen LogP contribution in [0.1, 0.15) is 17.5 Å². The Hall–Kier alpha value is -2.58. The number of hydrogen-bond acceptors (Lipinski definition) is 5. The molecule has 0 bridgehead atoms. The summed E-state index contributed by atoms with van der Waals surface area (Å²) in [4.78, 5) is 12.2. The average molecular weight is 392 g/mol. The molecule has 0 spiro atoms. The topological polar surface area (TPSA) is 93.7 Å². The Kier molecular flexibility index (Phi) is 7.20. The molecule has 2 N–H and O–H groups in total. The summed E-state index contributed by atoms with van der Waals surface area (Å²) < 4.78 is 37.2. The van der Waals surface area contributed by atoms with E-state index in [0.29, 0.717) is 11.5 Å². The number of rotatable bonds is 9. The van der Waals surface area contributed by atoms with Crippen molar-refractivity contribution in [2.24, 2.45) is 0 Å². The maximum absolute atomic E-state index is 12.2. The molecule has 0 aliphatic heterocycles. The van der Waals surface area contributed by atoms with E-state index in [1.165, 1.54) is 12.1 Å². The van der Waals surface area contributed by atoms with Crippen molar-refractivity contribution in [1.29, 1.82) is 0 Å². The smallest absolute Gasteiger partial charge is 0.240 e. The zero-order valence-electron chi connectivity index (χ0n) is 15.6. The van der Waals surface area contributed by atoms with Gasteiger partial charge in [0.2, 0.25) is 15.9 Å². The Morgan fingerprint density at radius 1 is 1.00 bits per heavy atom. The standard InChI is InChI=1S/C19H24N2O5S/c1-14-4-6-18(7-5-14)27(23,24)21-9-8-19(22)20-13-15-10-16(25-2)12-17(11-15)26-3/h4-7,10-12,21H,8-9,13H2,1-3H3,(H,20,22). The first-order valence-electron chi connectivity index (χ1n) is 8.39. The molecule has 0 aliphatic carbocycles. The average Bonchev–Trinajstić information content (AvgIpc) is 2.66. The van der Waals surface area contributed by atoms with Crippen molar-refractivity contribution in [2.75, 3.05) is 20.8 Å². The first kappa shape index (κ1) is 20.7. The van der Waals surface area contributed by atoms with E-state index in [1.807, 2.05) is 6.92 Å². The van der Waals surface area contributed by atoms with Crippen LogP contribution in [0.3, 0.4) is 0 Å². The minimum absolute atomic E-state index is 0.0173. The Bertz CT molecular complexity index is 857. The van der Waals surface area contributed by atoms with Crippen molar-refractivity contribution in [3.8, 4) is 11.5 Å². The van der Waals surface area contributed by atoms with Crippen LogP contribution in [0.15, 0.2) is 47.4 Å². The molecule has 2 aromatic rings. The van der Waals surface area contributed by atoms with Crippen molar-refractivity contribution >= 4 is 15.9 Å². The Balaban J connectivity index is 1.83. The molecule has 0 saturated heterocycles. The van der Waals surface area contributed by atoms with Crippen LogP contribution in [0, 0.1) is 6.92 Å². The molecular weight excluding hydrogens is 368 g/mol. The van der Waals surface area contributed by atoms with Gasteiger partial charge in [0.1, 0.15) is 11.5 Å². The maximum atomic E-state index is 12.2. The van der Waals surface area contributed by atoms with Gasteiger partial charge >= 0.3 is 0 Å². The minimum atomic E-state index is -3.62. The summed E-state index contributed by atoms with van der Waals surface area (Å²) in [6.45, 7) is 2.19. The highest BCUT2D eigenvalue weighted by molar-refractivity contribution is 7.89. The van der Waals surface area contributed by atoms with Crippen molar-refractivity contribution < 1.29 is 22.7 Å². The summed E-state index contributed by atoms with van der Waals surface area (Å²) >= 11 is 0. The van der Waals surface area contributed by atoms with E-state index in [1.54, 1.807) is 44.6 Å². The van der Waals surface area contributed by atoms with Crippen LogP contribution in [-0.4, -0.2) is 35.1 Å². The molecule has 27 heavy (non-hydrogen) atoms. The lowest BCUT2D eigenvalue weighted by Crippen LogP contribution is -2.30. The number of hydrogen-bond donors (Lipinski definition) is 2. The maximum Gasteiger partial charge on any atom is 0.240 e. The summed E-state index contributed by atoms with van der Waals surface area (Å²) in [7, 11) is -0.515. The molecule has 0 aliphatic rings. The molecule has 0 unspecified atom stereocenters. The number of benzene rings is 2. The summed E-state index contributed by atoms with van der Waals surface area (Å²) in [5, 5.41) is 2.75. The number of aryl methyl sites for hydroxylation is 1. The monoisotopic (exact) mass is 392 g/mol. The quantitative estimate of drug-likeness (QED) is 0.681. The lowest BCUT2D eigenvalue weighted by molar-refractivity contribution is -0.121. The molecular formula is C19H24N2O5S. The van der Waals surface area contributed by atoms with Gasteiger partial charge in [0, 0.05) is 25.6 Å². The summed E-state index contributed by atoms with van der Waals surface area (Å²) in [5.41, 5.74) is 1.79. The zero-order chi connectivity index (χ0) is 19.9. The number of amides is 1. The van der Waals surface area contributed by atoms with Gasteiger partial charge in [0.05, 0.1) is 19.1 Å². The Morgan fingerprint density at radius 2 is 1.59 bits per heavy atom. The van der Waals surface area contributed by atoms with Gasteiger partial charge in [-0.15, -0.1) is 0 Å². The van der Waals surface area contributed by atoms with Crippen LogP contribution < -0.4 is 19.5 Å². The highest BCUT2D eigenvalue weighted by Crippen LogP contribution is 2.22. The van der Waals surface area contributed by atoms with E-state index in [0.717, 1.165) is 11.1 Å². The van der Waals surface area contributed by atoms with Gasteiger partial charge in [-0.05, 0) is 36.8 Å². The summed E-state index contributed by atoms with van der Waals surface area (Å²) in [6.07, 6.45) is 0.0339. The van der Waals surface area contributed by atoms with E-state index in [-0.39, 0.29) is 30.3 Å². The molecule has 0 saturated carbocycles.